The summed E-state index contributed by atoms with van der Waals surface area (Å²) in [6, 6.07) is 7.25. The Balaban J connectivity index is 2.47. The van der Waals surface area contributed by atoms with Gasteiger partial charge in [0.25, 0.3) is 5.56 Å². The Morgan fingerprint density at radius 1 is 1.22 bits per heavy atom. The molecular weight excluding hydrogens is 242 g/mol. The number of hydrogen-bond acceptors (Lipinski definition) is 3. The molecule has 2 rings (SSSR count). The average molecular weight is 259 g/mol. The largest absolute Gasteiger partial charge is 0.394 e. The lowest BCUT2D eigenvalue weighted by Gasteiger charge is -2.16. The van der Waals surface area contributed by atoms with Gasteiger partial charge < -0.3 is 5.73 Å². The molecule has 4 nitrogen and oxygen atoms in total. The van der Waals surface area contributed by atoms with Gasteiger partial charge in [-0.05, 0) is 23.4 Å². The molecule has 5 heteroatoms. The van der Waals surface area contributed by atoms with E-state index in [4.69, 9.17) is 5.73 Å². The molecule has 0 spiro atoms. The number of nitrogens with zero attached hydrogens (tertiary/aromatic N) is 2. The van der Waals surface area contributed by atoms with Gasteiger partial charge in [-0.3, -0.25) is 9.36 Å². The summed E-state index contributed by atoms with van der Waals surface area (Å²) in [7, 11) is -1.36. The van der Waals surface area contributed by atoms with Gasteiger partial charge in [0.2, 0.25) is 0 Å². The lowest BCUT2D eigenvalue weighted by atomic mass is 10.4. The minimum atomic E-state index is -1.36. The third-order valence-electron chi connectivity index (χ3n) is 2.84. The van der Waals surface area contributed by atoms with Gasteiger partial charge in [0.15, 0.2) is 0 Å². The molecule has 2 aromatic rings. The van der Waals surface area contributed by atoms with Gasteiger partial charge in [-0.25, -0.2) is 4.98 Å². The summed E-state index contributed by atoms with van der Waals surface area (Å²) in [6.45, 7) is 6.78. The Labute approximate surface area is 107 Å². The van der Waals surface area contributed by atoms with Gasteiger partial charge in [0.05, 0.1) is 13.8 Å². The van der Waals surface area contributed by atoms with Gasteiger partial charge in [-0.15, -0.1) is 0 Å². The Hall–Kier alpha value is -1.88. The summed E-state index contributed by atoms with van der Waals surface area (Å²) >= 11 is 0. The third-order valence-corrected chi connectivity index (χ3v) is 4.87. The molecule has 94 valence electrons. The minimum absolute atomic E-state index is 0.230. The highest BCUT2D eigenvalue weighted by molar-refractivity contribution is 6.88. The maximum Gasteiger partial charge on any atom is 0.279 e. The number of rotatable bonds is 2. The molecule has 0 saturated carbocycles. The molecule has 0 aromatic carbocycles. The monoisotopic (exact) mass is 259 g/mol. The topological polar surface area (TPSA) is 60.9 Å². The van der Waals surface area contributed by atoms with E-state index in [1.54, 1.807) is 18.3 Å². The number of nitrogens with two attached hydrogens (primary N) is 1. The van der Waals surface area contributed by atoms with E-state index in [1.165, 1.54) is 9.75 Å². The average Bonchev–Trinajstić information content (AvgIpc) is 2.32. The lowest BCUT2D eigenvalue weighted by Crippen LogP contribution is -2.38. The van der Waals surface area contributed by atoms with Crippen molar-refractivity contribution in [1.29, 1.82) is 0 Å². The van der Waals surface area contributed by atoms with Crippen LogP contribution in [0, 0.1) is 0 Å². The van der Waals surface area contributed by atoms with Gasteiger partial charge >= 0.3 is 0 Å². The predicted molar refractivity (Wildman–Crippen MR) is 77.2 cm³/mol. The fourth-order valence-electron chi connectivity index (χ4n) is 1.66. The van der Waals surface area contributed by atoms with E-state index in [1.807, 2.05) is 18.3 Å². The minimum Gasteiger partial charge on any atom is -0.394 e. The van der Waals surface area contributed by atoms with Crippen molar-refractivity contribution >= 4 is 18.9 Å². The van der Waals surface area contributed by atoms with Crippen molar-refractivity contribution in [2.24, 2.45) is 0 Å². The maximum absolute atomic E-state index is 11.9. The van der Waals surface area contributed by atoms with E-state index >= 15 is 0 Å². The summed E-state index contributed by atoms with van der Waals surface area (Å²) in [5.74, 6) is 0.606. The van der Waals surface area contributed by atoms with Gasteiger partial charge in [-0.2, -0.15) is 0 Å². The SMILES string of the molecule is C[Si](C)(C)c1ccc(-n2cccc(N)c2=O)nc1. The quantitative estimate of drug-likeness (QED) is 0.828. The molecule has 2 heterocycles. The van der Waals surface area contributed by atoms with E-state index in [0.717, 1.165) is 0 Å². The van der Waals surface area contributed by atoms with Crippen LogP contribution in [-0.4, -0.2) is 17.6 Å². The van der Waals surface area contributed by atoms with Crippen molar-refractivity contribution in [2.45, 2.75) is 19.6 Å². The molecule has 0 atom stereocenters. The number of pyridine rings is 2. The van der Waals surface area contributed by atoms with Crippen molar-refractivity contribution in [2.75, 3.05) is 5.73 Å². The number of anilines is 1. The van der Waals surface area contributed by atoms with E-state index in [2.05, 4.69) is 24.6 Å². The predicted octanol–water partition coefficient (Wildman–Crippen LogP) is 1.36. The van der Waals surface area contributed by atoms with E-state index in [9.17, 15) is 4.79 Å². The lowest BCUT2D eigenvalue weighted by molar-refractivity contribution is 0.946. The van der Waals surface area contributed by atoms with E-state index in [0.29, 0.717) is 5.82 Å². The molecule has 2 N–H and O–H groups in total. The molecule has 0 fully saturated rings. The second-order valence-corrected chi connectivity index (χ2v) is 10.4. The summed E-state index contributed by atoms with van der Waals surface area (Å²) in [5, 5.41) is 1.27. The molecule has 0 radical (unpaired) electrons. The van der Waals surface area contributed by atoms with Crippen LogP contribution in [0.5, 0.6) is 0 Å². The molecule has 0 bridgehead atoms. The molecule has 2 aromatic heterocycles. The normalized spacial score (nSPS) is 11.5. The van der Waals surface area contributed by atoms with Crippen LogP contribution >= 0.6 is 0 Å². The maximum atomic E-state index is 11.9. The van der Waals surface area contributed by atoms with Crippen molar-refractivity contribution in [3.05, 3.63) is 47.0 Å². The van der Waals surface area contributed by atoms with Crippen LogP contribution in [0.15, 0.2) is 41.5 Å². The summed E-state index contributed by atoms with van der Waals surface area (Å²) in [4.78, 5) is 16.2. The summed E-state index contributed by atoms with van der Waals surface area (Å²) in [5.41, 5.74) is 5.60. The highest BCUT2D eigenvalue weighted by atomic mass is 28.3. The summed E-state index contributed by atoms with van der Waals surface area (Å²) in [6.07, 6.45) is 3.53. The van der Waals surface area contributed by atoms with E-state index < -0.39 is 8.07 Å². The molecule has 0 aliphatic rings. The highest BCUT2D eigenvalue weighted by Crippen LogP contribution is 2.05. The van der Waals surface area contributed by atoms with Crippen LogP contribution in [0.25, 0.3) is 5.82 Å². The zero-order chi connectivity index (χ0) is 13.3. The van der Waals surface area contributed by atoms with Gasteiger partial charge in [-0.1, -0.05) is 25.7 Å². The van der Waals surface area contributed by atoms with Crippen LogP contribution < -0.4 is 16.5 Å². The first-order valence-electron chi connectivity index (χ1n) is 5.83. The first kappa shape index (κ1) is 12.6. The third kappa shape index (κ3) is 2.35. The first-order chi connectivity index (χ1) is 8.39. The van der Waals surface area contributed by atoms with Crippen molar-refractivity contribution in [3.63, 3.8) is 0 Å². The summed E-state index contributed by atoms with van der Waals surface area (Å²) < 4.78 is 1.46. The zero-order valence-corrected chi connectivity index (χ0v) is 11.8. The second-order valence-electron chi connectivity index (χ2n) is 5.29. The van der Waals surface area contributed by atoms with Crippen LogP contribution in [0.4, 0.5) is 5.69 Å². The molecule has 0 unspecified atom stereocenters. The first-order valence-corrected chi connectivity index (χ1v) is 9.33. The molecule has 0 amide bonds. The van der Waals surface area contributed by atoms with Crippen molar-refractivity contribution < 1.29 is 0 Å². The molecular formula is C13H17N3OSi. The number of hydrogen-bond donors (Lipinski definition) is 1. The molecule has 18 heavy (non-hydrogen) atoms. The van der Waals surface area contributed by atoms with E-state index in [-0.39, 0.29) is 11.2 Å². The molecule has 0 saturated heterocycles. The number of nitrogen functional groups attached to an aromatic ring is 1. The fraction of sp³-hybridized carbons (Fsp3) is 0.231. The zero-order valence-electron chi connectivity index (χ0n) is 10.8. The highest BCUT2D eigenvalue weighted by Gasteiger charge is 2.16. The fourth-order valence-corrected chi connectivity index (χ4v) is 2.70. The van der Waals surface area contributed by atoms with Crippen LogP contribution in [0.3, 0.4) is 0 Å². The molecule has 0 aliphatic carbocycles. The van der Waals surface area contributed by atoms with Crippen LogP contribution in [0.2, 0.25) is 19.6 Å². The van der Waals surface area contributed by atoms with Gasteiger partial charge in [0, 0.05) is 12.4 Å². The smallest absolute Gasteiger partial charge is 0.279 e. The van der Waals surface area contributed by atoms with Crippen LogP contribution in [0.1, 0.15) is 0 Å². The second kappa shape index (κ2) is 4.42. The van der Waals surface area contributed by atoms with Gasteiger partial charge in [0.1, 0.15) is 5.82 Å². The van der Waals surface area contributed by atoms with Crippen molar-refractivity contribution in [3.8, 4) is 5.82 Å². The Morgan fingerprint density at radius 2 is 1.94 bits per heavy atom. The van der Waals surface area contributed by atoms with Crippen molar-refractivity contribution in [1.82, 2.24) is 9.55 Å². The Bertz CT molecular complexity index is 611. The number of aromatic nitrogens is 2. The van der Waals surface area contributed by atoms with Crippen LogP contribution in [-0.2, 0) is 0 Å². The standard InChI is InChI=1S/C13H17N3OSi/c1-18(2,3)10-6-7-12(15-9-10)16-8-4-5-11(14)13(16)17/h4-9H,14H2,1-3H3. The Morgan fingerprint density at radius 3 is 2.50 bits per heavy atom. The molecule has 0 aliphatic heterocycles. The Kier molecular flexibility index (Phi) is 3.08.